The fourth-order valence-corrected chi connectivity index (χ4v) is 4.51. The Bertz CT molecular complexity index is 948. The van der Waals surface area contributed by atoms with Crippen LogP contribution in [0.4, 0.5) is 11.4 Å². The summed E-state index contributed by atoms with van der Waals surface area (Å²) in [4.78, 5) is 12.8. The first kappa shape index (κ1) is 17.7. The summed E-state index contributed by atoms with van der Waals surface area (Å²) in [7, 11) is 0. The number of hydrogen-bond donors (Lipinski definition) is 1. The maximum Gasteiger partial charge on any atom is 0.270 e. The lowest BCUT2D eigenvalue weighted by atomic mass is 9.80. The summed E-state index contributed by atoms with van der Waals surface area (Å²) < 4.78 is 6.45. The molecule has 27 heavy (non-hydrogen) atoms. The summed E-state index contributed by atoms with van der Waals surface area (Å²) in [6.07, 6.45) is 0.881. The fourth-order valence-electron chi connectivity index (χ4n) is 4.11. The Morgan fingerprint density at radius 1 is 1.33 bits per heavy atom. The topological polar surface area (TPSA) is 67.6 Å². The highest BCUT2D eigenvalue weighted by Crippen LogP contribution is 2.50. The summed E-state index contributed by atoms with van der Waals surface area (Å²) in [5.41, 5.74) is 2.35. The Hall–Kier alpha value is -2.67. The van der Waals surface area contributed by atoms with Crippen molar-refractivity contribution in [2.24, 2.45) is 5.92 Å². The van der Waals surface area contributed by atoms with E-state index >= 15 is 0 Å². The van der Waals surface area contributed by atoms with Gasteiger partial charge in [-0.05, 0) is 43.3 Å². The van der Waals surface area contributed by atoms with Crippen LogP contribution in [0.5, 0.6) is 5.75 Å². The molecule has 2 aromatic rings. The van der Waals surface area contributed by atoms with E-state index in [1.165, 1.54) is 11.6 Å². The Morgan fingerprint density at radius 3 is 2.78 bits per heavy atom. The third kappa shape index (κ3) is 2.56. The zero-order valence-corrected chi connectivity index (χ0v) is 16.2. The second-order valence-corrected chi connectivity index (χ2v) is 7.56. The number of hydrogen-bond acceptors (Lipinski definition) is 4. The highest BCUT2D eigenvalue weighted by molar-refractivity contribution is 7.80. The normalized spacial score (nSPS) is 26.0. The van der Waals surface area contributed by atoms with Crippen LogP contribution in [-0.4, -0.2) is 15.8 Å². The number of rotatable bonds is 3. The van der Waals surface area contributed by atoms with E-state index in [9.17, 15) is 10.1 Å². The lowest BCUT2D eigenvalue weighted by molar-refractivity contribution is -0.385. The van der Waals surface area contributed by atoms with Crippen molar-refractivity contribution in [3.8, 4) is 5.75 Å². The van der Waals surface area contributed by atoms with Crippen molar-refractivity contribution < 1.29 is 9.66 Å². The third-order valence-electron chi connectivity index (χ3n) is 5.74. The number of para-hydroxylation sites is 1. The molecule has 1 saturated heterocycles. The van der Waals surface area contributed by atoms with E-state index in [0.717, 1.165) is 17.7 Å². The fraction of sp³-hybridized carbons (Fsp3) is 0.350. The largest absolute Gasteiger partial charge is 0.467 e. The number of nitrogens with zero attached hydrogens (tertiary/aromatic N) is 2. The average molecular weight is 383 g/mol. The van der Waals surface area contributed by atoms with Gasteiger partial charge in [-0.3, -0.25) is 15.0 Å². The molecule has 0 amide bonds. The van der Waals surface area contributed by atoms with Gasteiger partial charge in [0.25, 0.3) is 5.69 Å². The molecule has 7 heteroatoms. The summed E-state index contributed by atoms with van der Waals surface area (Å²) in [5.74, 6) is 0.670. The van der Waals surface area contributed by atoms with Crippen molar-refractivity contribution in [1.82, 2.24) is 5.32 Å². The second-order valence-electron chi connectivity index (χ2n) is 7.17. The van der Waals surface area contributed by atoms with Crippen LogP contribution in [0.1, 0.15) is 37.9 Å². The van der Waals surface area contributed by atoms with Gasteiger partial charge < -0.3 is 10.1 Å². The Morgan fingerprint density at radius 2 is 2.07 bits per heavy atom. The van der Waals surface area contributed by atoms with Gasteiger partial charge in [-0.25, -0.2) is 0 Å². The first-order chi connectivity index (χ1) is 12.9. The van der Waals surface area contributed by atoms with Gasteiger partial charge >= 0.3 is 0 Å². The molecule has 1 N–H and O–H groups in total. The molecule has 3 atom stereocenters. The van der Waals surface area contributed by atoms with Crippen LogP contribution >= 0.6 is 12.2 Å². The molecule has 6 nitrogen and oxygen atoms in total. The van der Waals surface area contributed by atoms with E-state index in [1.54, 1.807) is 12.1 Å². The molecule has 0 unspecified atom stereocenters. The molecule has 2 heterocycles. The molecule has 0 saturated carbocycles. The highest BCUT2D eigenvalue weighted by atomic mass is 32.1. The van der Waals surface area contributed by atoms with E-state index in [-0.39, 0.29) is 22.6 Å². The standard InChI is InChI=1S/C20H21N3O3S/c1-4-13-7-5-6-8-16(13)22-19(27)21-18-12(2)20(22,3)26-17-10-9-14(23(24)25)11-15(17)18/h5-12,18H,4H2,1-3H3,(H,21,27)/t12-,18-,20+/m1/s1. The maximum absolute atomic E-state index is 11.2. The molecule has 0 radical (unpaired) electrons. The van der Waals surface area contributed by atoms with Gasteiger partial charge in [0.1, 0.15) is 5.75 Å². The van der Waals surface area contributed by atoms with Crippen molar-refractivity contribution in [2.75, 3.05) is 4.90 Å². The van der Waals surface area contributed by atoms with Crippen LogP contribution in [0.3, 0.4) is 0 Å². The Kier molecular flexibility index (Phi) is 4.07. The number of fused-ring (bicyclic) bond motifs is 4. The molecule has 2 bridgehead atoms. The summed E-state index contributed by atoms with van der Waals surface area (Å²) >= 11 is 5.71. The summed E-state index contributed by atoms with van der Waals surface area (Å²) in [6.45, 7) is 6.24. The average Bonchev–Trinajstić information content (AvgIpc) is 2.64. The number of anilines is 1. The van der Waals surface area contributed by atoms with Crippen LogP contribution in [0, 0.1) is 16.0 Å². The Balaban J connectivity index is 1.85. The van der Waals surface area contributed by atoms with Crippen LogP contribution < -0.4 is 15.0 Å². The lowest BCUT2D eigenvalue weighted by Crippen LogP contribution is -2.69. The van der Waals surface area contributed by atoms with Gasteiger partial charge in [-0.15, -0.1) is 0 Å². The quantitative estimate of drug-likeness (QED) is 0.483. The molecule has 2 aliphatic heterocycles. The molecule has 0 aliphatic carbocycles. The Labute approximate surface area is 163 Å². The number of nitro groups is 1. The number of nitrogens with one attached hydrogen (secondary N) is 1. The van der Waals surface area contributed by atoms with E-state index in [4.69, 9.17) is 17.0 Å². The molecule has 0 aromatic heterocycles. The zero-order valence-electron chi connectivity index (χ0n) is 15.4. The summed E-state index contributed by atoms with van der Waals surface area (Å²) in [5, 5.41) is 15.2. The molecule has 2 aliphatic rings. The van der Waals surface area contributed by atoms with Gasteiger partial charge in [-0.1, -0.05) is 32.0 Å². The van der Waals surface area contributed by atoms with E-state index in [1.807, 2.05) is 24.0 Å². The van der Waals surface area contributed by atoms with Crippen molar-refractivity contribution in [3.63, 3.8) is 0 Å². The first-order valence-electron chi connectivity index (χ1n) is 9.02. The van der Waals surface area contributed by atoms with Crippen LogP contribution in [0.2, 0.25) is 0 Å². The lowest BCUT2D eigenvalue weighted by Gasteiger charge is -2.56. The van der Waals surface area contributed by atoms with E-state index < -0.39 is 5.72 Å². The van der Waals surface area contributed by atoms with Gasteiger partial charge in [-0.2, -0.15) is 0 Å². The predicted molar refractivity (Wildman–Crippen MR) is 108 cm³/mol. The molecule has 140 valence electrons. The molecule has 2 aromatic carbocycles. The minimum Gasteiger partial charge on any atom is -0.467 e. The van der Waals surface area contributed by atoms with Gasteiger partial charge in [0.05, 0.1) is 16.7 Å². The number of ether oxygens (including phenoxy) is 1. The monoisotopic (exact) mass is 383 g/mol. The number of aryl methyl sites for hydroxylation is 1. The van der Waals surface area contributed by atoms with Crippen molar-refractivity contribution in [2.45, 2.75) is 39.0 Å². The first-order valence-corrected chi connectivity index (χ1v) is 9.43. The van der Waals surface area contributed by atoms with Crippen LogP contribution in [0.25, 0.3) is 0 Å². The van der Waals surface area contributed by atoms with E-state index in [0.29, 0.717) is 10.9 Å². The van der Waals surface area contributed by atoms with Gasteiger partial charge in [0.15, 0.2) is 10.8 Å². The number of thiocarbonyl (C=S) groups is 1. The number of non-ortho nitro benzene ring substituents is 1. The molecule has 1 fully saturated rings. The SMILES string of the molecule is CCc1ccccc1N1C(=S)N[C@H]2c3cc([N+](=O)[O-])ccc3O[C@@]1(C)[C@@H]2C. The van der Waals surface area contributed by atoms with Crippen molar-refractivity contribution in [1.29, 1.82) is 0 Å². The third-order valence-corrected chi connectivity index (χ3v) is 6.04. The summed E-state index contributed by atoms with van der Waals surface area (Å²) in [6, 6.07) is 12.8. The smallest absolute Gasteiger partial charge is 0.270 e. The maximum atomic E-state index is 11.2. The minimum absolute atomic E-state index is 0.0172. The van der Waals surface area contributed by atoms with E-state index in [2.05, 4.69) is 31.3 Å². The molecule has 4 rings (SSSR count). The minimum atomic E-state index is -0.693. The predicted octanol–water partition coefficient (Wildman–Crippen LogP) is 4.34. The highest BCUT2D eigenvalue weighted by Gasteiger charge is 2.54. The zero-order chi connectivity index (χ0) is 19.3. The van der Waals surface area contributed by atoms with Gasteiger partial charge in [0.2, 0.25) is 0 Å². The number of nitro benzene ring substituents is 1. The van der Waals surface area contributed by atoms with Crippen LogP contribution in [-0.2, 0) is 6.42 Å². The van der Waals surface area contributed by atoms with Crippen molar-refractivity contribution in [3.05, 3.63) is 63.7 Å². The molecular weight excluding hydrogens is 362 g/mol. The second kappa shape index (κ2) is 6.20. The molecule has 0 spiro atoms. The number of benzene rings is 2. The molecular formula is C20H21N3O3S. The van der Waals surface area contributed by atoms with Crippen LogP contribution in [0.15, 0.2) is 42.5 Å². The van der Waals surface area contributed by atoms with Gasteiger partial charge in [0, 0.05) is 23.6 Å². The van der Waals surface area contributed by atoms with Crippen molar-refractivity contribution >= 4 is 28.7 Å².